The molecule has 0 aromatic carbocycles. The molecule has 6 heteroatoms. The van der Waals surface area contributed by atoms with E-state index in [0.717, 1.165) is 12.8 Å². The lowest BCUT2D eigenvalue weighted by Gasteiger charge is -2.39. The third kappa shape index (κ3) is 4.74. The second-order valence-corrected chi connectivity index (χ2v) is 6.20. The number of esters is 1. The van der Waals surface area contributed by atoms with Crippen molar-refractivity contribution < 1.29 is 24.2 Å². The molecule has 1 saturated heterocycles. The SMILES string of the molecule is C=C(C(=O)OC)[C@@H](O)[C@@H]1CCCCN1C(=O)OC(C)(C)C. The van der Waals surface area contributed by atoms with Gasteiger partial charge in [0.2, 0.25) is 0 Å². The predicted octanol–water partition coefficient (Wildman–Crippen LogP) is 1.87. The molecule has 0 spiro atoms. The number of hydrogen-bond donors (Lipinski definition) is 1. The molecule has 1 fully saturated rings. The Balaban J connectivity index is 2.84. The van der Waals surface area contributed by atoms with Gasteiger partial charge < -0.3 is 19.5 Å². The molecule has 1 heterocycles. The molecule has 1 aliphatic rings. The zero-order chi connectivity index (χ0) is 16.2. The third-order valence-electron chi connectivity index (χ3n) is 3.35. The maximum Gasteiger partial charge on any atom is 0.410 e. The van der Waals surface area contributed by atoms with Gasteiger partial charge in [-0.2, -0.15) is 0 Å². The van der Waals surface area contributed by atoms with E-state index in [1.54, 1.807) is 20.8 Å². The van der Waals surface area contributed by atoms with Crippen molar-refractivity contribution in [3.05, 3.63) is 12.2 Å². The number of piperidine rings is 1. The second kappa shape index (κ2) is 6.93. The predicted molar refractivity (Wildman–Crippen MR) is 77.7 cm³/mol. The van der Waals surface area contributed by atoms with E-state index in [0.29, 0.717) is 13.0 Å². The summed E-state index contributed by atoms with van der Waals surface area (Å²) in [5.41, 5.74) is -0.651. The van der Waals surface area contributed by atoms with Crippen LogP contribution in [0, 0.1) is 0 Å². The first-order chi connectivity index (χ1) is 9.67. The highest BCUT2D eigenvalue weighted by Gasteiger charge is 2.37. The monoisotopic (exact) mass is 299 g/mol. The zero-order valence-corrected chi connectivity index (χ0v) is 13.2. The summed E-state index contributed by atoms with van der Waals surface area (Å²) in [7, 11) is 1.23. The molecule has 6 nitrogen and oxygen atoms in total. The molecule has 0 aliphatic carbocycles. The molecule has 2 atom stereocenters. The second-order valence-electron chi connectivity index (χ2n) is 6.20. The quantitative estimate of drug-likeness (QED) is 0.636. The molecule has 0 unspecified atom stereocenters. The van der Waals surface area contributed by atoms with Crippen molar-refractivity contribution in [2.45, 2.75) is 57.8 Å². The first-order valence-corrected chi connectivity index (χ1v) is 7.12. The lowest BCUT2D eigenvalue weighted by molar-refractivity contribution is -0.137. The van der Waals surface area contributed by atoms with E-state index in [1.807, 2.05) is 0 Å². The fourth-order valence-electron chi connectivity index (χ4n) is 2.32. The molecule has 1 N–H and O–H groups in total. The Morgan fingerprint density at radius 2 is 1.95 bits per heavy atom. The summed E-state index contributed by atoms with van der Waals surface area (Å²) in [4.78, 5) is 25.2. The van der Waals surface area contributed by atoms with Crippen LogP contribution in [-0.2, 0) is 14.3 Å². The summed E-state index contributed by atoms with van der Waals surface area (Å²) in [6.45, 7) is 9.41. The summed E-state index contributed by atoms with van der Waals surface area (Å²) in [6.07, 6.45) is 0.674. The first kappa shape index (κ1) is 17.5. The van der Waals surface area contributed by atoms with E-state index in [4.69, 9.17) is 4.74 Å². The lowest BCUT2D eigenvalue weighted by Crippen LogP contribution is -2.52. The van der Waals surface area contributed by atoms with Crippen molar-refractivity contribution in [1.82, 2.24) is 4.90 Å². The van der Waals surface area contributed by atoms with Gasteiger partial charge in [0.15, 0.2) is 0 Å². The summed E-state index contributed by atoms with van der Waals surface area (Å²) in [6, 6.07) is -0.514. The molecular formula is C15H25NO5. The standard InChI is InChI=1S/C15H25NO5/c1-10(13(18)20-5)12(17)11-8-6-7-9-16(11)14(19)21-15(2,3)4/h11-12,17H,1,6-9H2,2-5H3/t11-,12+/m0/s1. The smallest absolute Gasteiger partial charge is 0.410 e. The van der Waals surface area contributed by atoms with Crippen LogP contribution in [0.15, 0.2) is 12.2 Å². The Labute approximate surface area is 125 Å². The zero-order valence-electron chi connectivity index (χ0n) is 13.2. The summed E-state index contributed by atoms with van der Waals surface area (Å²) in [5.74, 6) is -0.669. The molecule has 0 saturated carbocycles. The highest BCUT2D eigenvalue weighted by molar-refractivity contribution is 5.89. The maximum absolute atomic E-state index is 12.2. The Kier molecular flexibility index (Phi) is 5.78. The summed E-state index contributed by atoms with van der Waals surface area (Å²) in [5, 5.41) is 10.3. The number of rotatable bonds is 3. The van der Waals surface area contributed by atoms with Crippen molar-refractivity contribution >= 4 is 12.1 Å². The maximum atomic E-state index is 12.2. The highest BCUT2D eigenvalue weighted by atomic mass is 16.6. The molecule has 0 aromatic rings. The van der Waals surface area contributed by atoms with Gasteiger partial charge in [-0.1, -0.05) is 6.58 Å². The molecule has 0 bridgehead atoms. The number of likely N-dealkylation sites (tertiary alicyclic amines) is 1. The Morgan fingerprint density at radius 3 is 2.48 bits per heavy atom. The van der Waals surface area contributed by atoms with Gasteiger partial charge in [-0.15, -0.1) is 0 Å². The average Bonchev–Trinajstić information content (AvgIpc) is 2.43. The molecule has 1 amide bonds. The number of hydrogen-bond acceptors (Lipinski definition) is 5. The van der Waals surface area contributed by atoms with Crippen LogP contribution in [0.2, 0.25) is 0 Å². The number of nitrogens with zero attached hydrogens (tertiary/aromatic N) is 1. The van der Waals surface area contributed by atoms with Crippen molar-refractivity contribution in [2.24, 2.45) is 0 Å². The molecular weight excluding hydrogens is 274 g/mol. The fraction of sp³-hybridized carbons (Fsp3) is 0.733. The van der Waals surface area contributed by atoms with Crippen LogP contribution in [0.25, 0.3) is 0 Å². The van der Waals surface area contributed by atoms with Crippen molar-refractivity contribution in [2.75, 3.05) is 13.7 Å². The average molecular weight is 299 g/mol. The van der Waals surface area contributed by atoms with Crippen LogP contribution in [0.5, 0.6) is 0 Å². The number of amides is 1. The van der Waals surface area contributed by atoms with Crippen LogP contribution in [-0.4, -0.2) is 53.5 Å². The Bertz CT molecular complexity index is 413. The van der Waals surface area contributed by atoms with Gasteiger partial charge in [-0.05, 0) is 40.0 Å². The normalized spacial score (nSPS) is 20.6. The summed E-state index contributed by atoms with van der Waals surface area (Å²) < 4.78 is 9.92. The third-order valence-corrected chi connectivity index (χ3v) is 3.35. The molecule has 1 aliphatic heterocycles. The topological polar surface area (TPSA) is 76.1 Å². The van der Waals surface area contributed by atoms with Crippen molar-refractivity contribution in [3.63, 3.8) is 0 Å². The van der Waals surface area contributed by atoms with E-state index in [1.165, 1.54) is 12.0 Å². The minimum absolute atomic E-state index is 0.0436. The van der Waals surface area contributed by atoms with E-state index in [9.17, 15) is 14.7 Å². The van der Waals surface area contributed by atoms with Gasteiger partial charge in [-0.25, -0.2) is 9.59 Å². The van der Waals surface area contributed by atoms with E-state index >= 15 is 0 Å². The highest BCUT2D eigenvalue weighted by Crippen LogP contribution is 2.25. The molecule has 1 rings (SSSR count). The van der Waals surface area contributed by atoms with Crippen LogP contribution in [0.4, 0.5) is 4.79 Å². The van der Waals surface area contributed by atoms with E-state index < -0.39 is 29.8 Å². The van der Waals surface area contributed by atoms with E-state index in [2.05, 4.69) is 11.3 Å². The van der Waals surface area contributed by atoms with Crippen molar-refractivity contribution in [1.29, 1.82) is 0 Å². The number of carbonyl (C=O) groups excluding carboxylic acids is 2. The van der Waals surface area contributed by atoms with Crippen LogP contribution < -0.4 is 0 Å². The van der Waals surface area contributed by atoms with Gasteiger partial charge in [0, 0.05) is 6.54 Å². The largest absolute Gasteiger partial charge is 0.466 e. The molecule has 0 radical (unpaired) electrons. The van der Waals surface area contributed by atoms with Crippen LogP contribution >= 0.6 is 0 Å². The van der Waals surface area contributed by atoms with Crippen molar-refractivity contribution in [3.8, 4) is 0 Å². The lowest BCUT2D eigenvalue weighted by atomic mass is 9.94. The minimum Gasteiger partial charge on any atom is -0.466 e. The van der Waals surface area contributed by atoms with Gasteiger partial charge >= 0.3 is 12.1 Å². The number of ether oxygens (including phenoxy) is 2. The number of aliphatic hydroxyl groups is 1. The number of aliphatic hydroxyl groups excluding tert-OH is 1. The molecule has 21 heavy (non-hydrogen) atoms. The van der Waals surface area contributed by atoms with Gasteiger partial charge in [-0.3, -0.25) is 0 Å². The van der Waals surface area contributed by atoms with E-state index in [-0.39, 0.29) is 5.57 Å². The number of carbonyl (C=O) groups is 2. The van der Waals surface area contributed by atoms with Gasteiger partial charge in [0.1, 0.15) is 11.7 Å². The van der Waals surface area contributed by atoms with Gasteiger partial charge in [0.05, 0.1) is 18.7 Å². The number of methoxy groups -OCH3 is 1. The molecule has 120 valence electrons. The van der Waals surface area contributed by atoms with Crippen LogP contribution in [0.3, 0.4) is 0 Å². The fourth-order valence-corrected chi connectivity index (χ4v) is 2.32. The molecule has 0 aromatic heterocycles. The minimum atomic E-state index is -1.15. The Hall–Kier alpha value is -1.56. The first-order valence-electron chi connectivity index (χ1n) is 7.12. The summed E-state index contributed by atoms with van der Waals surface area (Å²) >= 11 is 0. The van der Waals surface area contributed by atoms with Gasteiger partial charge in [0.25, 0.3) is 0 Å². The Morgan fingerprint density at radius 1 is 1.33 bits per heavy atom. The van der Waals surface area contributed by atoms with Crippen LogP contribution in [0.1, 0.15) is 40.0 Å².